The van der Waals surface area contributed by atoms with Gasteiger partial charge in [-0.25, -0.2) is 17.5 Å². The summed E-state index contributed by atoms with van der Waals surface area (Å²) < 4.78 is 41.2. The number of carbonyl (C=O) groups excluding carboxylic acids is 2. The average Bonchev–Trinajstić information content (AvgIpc) is 3.35. The number of hydrogen-bond donors (Lipinski definition) is 3. The lowest BCUT2D eigenvalue weighted by molar-refractivity contribution is 0.0949. The molecule has 0 aliphatic heterocycles. The van der Waals surface area contributed by atoms with Gasteiger partial charge in [-0.05, 0) is 73.0 Å². The van der Waals surface area contributed by atoms with E-state index >= 15 is 0 Å². The van der Waals surface area contributed by atoms with Crippen molar-refractivity contribution < 1.29 is 22.4 Å². The van der Waals surface area contributed by atoms with Gasteiger partial charge in [0.2, 0.25) is 10.0 Å². The van der Waals surface area contributed by atoms with E-state index < -0.39 is 21.7 Å². The Morgan fingerprint density at radius 2 is 1.57 bits per heavy atom. The molecule has 0 saturated heterocycles. The first kappa shape index (κ1) is 24.6. The molecule has 35 heavy (non-hydrogen) atoms. The zero-order valence-electron chi connectivity index (χ0n) is 19.0. The zero-order valence-corrected chi connectivity index (χ0v) is 19.8. The van der Waals surface area contributed by atoms with Crippen LogP contribution in [-0.2, 0) is 16.6 Å². The molecule has 2 amide bonds. The largest absolute Gasteiger partial charge is 0.348 e. The minimum absolute atomic E-state index is 0.0579. The van der Waals surface area contributed by atoms with Crippen LogP contribution in [0, 0.1) is 5.82 Å². The van der Waals surface area contributed by atoms with E-state index in [1.54, 1.807) is 36.4 Å². The molecular weight excluding hydrogens is 469 g/mol. The molecule has 1 saturated carbocycles. The maximum absolute atomic E-state index is 13.1. The Balaban J connectivity index is 1.37. The van der Waals surface area contributed by atoms with Gasteiger partial charge in [0.25, 0.3) is 11.8 Å². The maximum atomic E-state index is 13.1. The molecule has 1 aliphatic rings. The zero-order chi connectivity index (χ0) is 24.8. The highest BCUT2D eigenvalue weighted by molar-refractivity contribution is 7.89. The molecule has 3 N–H and O–H groups in total. The van der Waals surface area contributed by atoms with Gasteiger partial charge in [-0.2, -0.15) is 0 Å². The Hall–Kier alpha value is -3.56. The Labute approximate surface area is 203 Å². The van der Waals surface area contributed by atoms with E-state index in [2.05, 4.69) is 15.4 Å². The van der Waals surface area contributed by atoms with Crippen molar-refractivity contribution in [1.29, 1.82) is 0 Å². The van der Waals surface area contributed by atoms with Gasteiger partial charge in [-0.3, -0.25) is 9.59 Å². The van der Waals surface area contributed by atoms with Crippen molar-refractivity contribution in [3.63, 3.8) is 0 Å². The van der Waals surface area contributed by atoms with E-state index in [1.165, 1.54) is 36.4 Å². The highest BCUT2D eigenvalue weighted by Gasteiger charge is 2.23. The van der Waals surface area contributed by atoms with Crippen LogP contribution in [0.15, 0.2) is 77.7 Å². The van der Waals surface area contributed by atoms with Crippen LogP contribution in [0.5, 0.6) is 0 Å². The summed E-state index contributed by atoms with van der Waals surface area (Å²) in [6.45, 7) is 0.177. The SMILES string of the molecule is O=C(NCc1cccc(NC(=O)c2ccc(F)cc2)c1)c1cccc(S(=O)(=O)NC2CCCC2)c1. The first-order valence-electron chi connectivity index (χ1n) is 11.4. The van der Waals surface area contributed by atoms with Gasteiger partial charge in [-0.1, -0.05) is 31.0 Å². The maximum Gasteiger partial charge on any atom is 0.255 e. The lowest BCUT2D eigenvalue weighted by atomic mass is 10.1. The number of sulfonamides is 1. The van der Waals surface area contributed by atoms with E-state index in [9.17, 15) is 22.4 Å². The summed E-state index contributed by atoms with van der Waals surface area (Å²) in [6.07, 6.45) is 3.66. The molecule has 1 aliphatic carbocycles. The molecule has 9 heteroatoms. The van der Waals surface area contributed by atoms with Crippen molar-refractivity contribution in [2.75, 3.05) is 5.32 Å². The molecule has 0 heterocycles. The lowest BCUT2D eigenvalue weighted by Gasteiger charge is -2.13. The van der Waals surface area contributed by atoms with Crippen molar-refractivity contribution in [3.8, 4) is 0 Å². The van der Waals surface area contributed by atoms with Gasteiger partial charge in [-0.15, -0.1) is 0 Å². The topological polar surface area (TPSA) is 104 Å². The second-order valence-electron chi connectivity index (χ2n) is 8.47. The molecule has 0 atom stereocenters. The van der Waals surface area contributed by atoms with Crippen LogP contribution in [0.3, 0.4) is 0 Å². The van der Waals surface area contributed by atoms with Crippen LogP contribution in [0.2, 0.25) is 0 Å². The van der Waals surface area contributed by atoms with E-state index in [0.29, 0.717) is 11.3 Å². The number of halogens is 1. The number of rotatable bonds is 8. The van der Waals surface area contributed by atoms with E-state index in [0.717, 1.165) is 31.2 Å². The van der Waals surface area contributed by atoms with Gasteiger partial charge in [0, 0.05) is 29.4 Å². The van der Waals surface area contributed by atoms with Crippen LogP contribution < -0.4 is 15.4 Å². The quantitative estimate of drug-likeness (QED) is 0.435. The number of amides is 2. The molecule has 3 aromatic rings. The van der Waals surface area contributed by atoms with Gasteiger partial charge in [0.15, 0.2) is 0 Å². The fourth-order valence-corrected chi connectivity index (χ4v) is 5.33. The highest BCUT2D eigenvalue weighted by atomic mass is 32.2. The molecule has 182 valence electrons. The summed E-state index contributed by atoms with van der Waals surface area (Å²) in [5, 5.41) is 5.52. The van der Waals surface area contributed by atoms with Gasteiger partial charge in [0.1, 0.15) is 5.82 Å². The molecule has 1 fully saturated rings. The van der Waals surface area contributed by atoms with Crippen molar-refractivity contribution >= 4 is 27.5 Å². The minimum atomic E-state index is -3.70. The van der Waals surface area contributed by atoms with Crippen LogP contribution in [0.4, 0.5) is 10.1 Å². The summed E-state index contributed by atoms with van der Waals surface area (Å²) >= 11 is 0. The fourth-order valence-electron chi connectivity index (χ4n) is 3.98. The Kier molecular flexibility index (Phi) is 7.57. The number of nitrogens with one attached hydrogen (secondary N) is 3. The number of benzene rings is 3. The van der Waals surface area contributed by atoms with Crippen molar-refractivity contribution in [3.05, 3.63) is 95.3 Å². The molecule has 0 aromatic heterocycles. The van der Waals surface area contributed by atoms with Gasteiger partial charge in [0.05, 0.1) is 4.90 Å². The average molecular weight is 496 g/mol. The lowest BCUT2D eigenvalue weighted by Crippen LogP contribution is -2.32. The fraction of sp³-hybridized carbons (Fsp3) is 0.231. The van der Waals surface area contributed by atoms with Crippen LogP contribution in [-0.4, -0.2) is 26.3 Å². The molecule has 3 aromatic carbocycles. The second kappa shape index (κ2) is 10.8. The normalized spacial score (nSPS) is 14.0. The Bertz CT molecular complexity index is 1320. The number of anilines is 1. The van der Waals surface area contributed by atoms with E-state index in [1.807, 2.05) is 0 Å². The third-order valence-electron chi connectivity index (χ3n) is 5.83. The summed E-state index contributed by atoms with van der Waals surface area (Å²) in [4.78, 5) is 25.1. The van der Waals surface area contributed by atoms with Crippen LogP contribution in [0.1, 0.15) is 52.0 Å². The molecule has 0 bridgehead atoms. The highest BCUT2D eigenvalue weighted by Crippen LogP contribution is 2.21. The van der Waals surface area contributed by atoms with Crippen LogP contribution in [0.25, 0.3) is 0 Å². The molecule has 4 rings (SSSR count). The van der Waals surface area contributed by atoms with E-state index in [4.69, 9.17) is 0 Å². The van der Waals surface area contributed by atoms with Gasteiger partial charge >= 0.3 is 0 Å². The summed E-state index contributed by atoms with van der Waals surface area (Å²) in [7, 11) is -3.70. The Morgan fingerprint density at radius 1 is 0.857 bits per heavy atom. The van der Waals surface area contributed by atoms with Crippen molar-refractivity contribution in [2.45, 2.75) is 43.2 Å². The molecule has 0 spiro atoms. The summed E-state index contributed by atoms with van der Waals surface area (Å²) in [5.74, 6) is -1.22. The first-order chi connectivity index (χ1) is 16.8. The predicted octanol–water partition coefficient (Wildman–Crippen LogP) is 4.23. The molecule has 7 nitrogen and oxygen atoms in total. The minimum Gasteiger partial charge on any atom is -0.348 e. The van der Waals surface area contributed by atoms with Crippen molar-refractivity contribution in [2.24, 2.45) is 0 Å². The van der Waals surface area contributed by atoms with Gasteiger partial charge < -0.3 is 10.6 Å². The number of carbonyl (C=O) groups is 2. The summed E-state index contributed by atoms with van der Waals surface area (Å²) in [6, 6.07) is 18.1. The van der Waals surface area contributed by atoms with E-state index in [-0.39, 0.29) is 29.0 Å². The third-order valence-corrected chi connectivity index (χ3v) is 7.35. The first-order valence-corrected chi connectivity index (χ1v) is 12.8. The summed E-state index contributed by atoms with van der Waals surface area (Å²) in [5.41, 5.74) is 1.82. The monoisotopic (exact) mass is 495 g/mol. The smallest absolute Gasteiger partial charge is 0.255 e. The molecule has 0 radical (unpaired) electrons. The van der Waals surface area contributed by atoms with Crippen molar-refractivity contribution in [1.82, 2.24) is 10.0 Å². The number of hydrogen-bond acceptors (Lipinski definition) is 4. The molecular formula is C26H26FN3O4S. The Morgan fingerprint density at radius 3 is 2.31 bits per heavy atom. The second-order valence-corrected chi connectivity index (χ2v) is 10.2. The standard InChI is InChI=1S/C26H26FN3O4S/c27-21-13-11-19(12-14-21)26(32)29-23-9-3-5-18(15-23)17-28-25(31)20-6-4-10-24(16-20)35(33,34)30-22-7-1-2-8-22/h3-6,9-16,22,30H,1-2,7-8,17H2,(H,28,31)(H,29,32). The molecule has 0 unspecified atom stereocenters. The predicted molar refractivity (Wildman–Crippen MR) is 131 cm³/mol. The third kappa shape index (κ3) is 6.52. The van der Waals surface area contributed by atoms with Crippen LogP contribution >= 0.6 is 0 Å².